The van der Waals surface area contributed by atoms with Crippen LogP contribution < -0.4 is 4.74 Å². The second-order valence-electron chi connectivity index (χ2n) is 7.97. The fraction of sp³-hybridized carbons (Fsp3) is 0.684. The number of likely N-dealkylation sites (tertiary alicyclic amines) is 1. The van der Waals surface area contributed by atoms with E-state index in [1.807, 2.05) is 6.92 Å². The average molecular weight is 321 g/mol. The van der Waals surface area contributed by atoms with Crippen LogP contribution in [-0.2, 0) is 12.0 Å². The van der Waals surface area contributed by atoms with Gasteiger partial charge in [-0.2, -0.15) is 0 Å². The molecule has 3 rings (SSSR count). The van der Waals surface area contributed by atoms with Gasteiger partial charge in [-0.25, -0.2) is 4.39 Å². The van der Waals surface area contributed by atoms with Crippen molar-refractivity contribution in [2.75, 3.05) is 27.2 Å². The molecule has 1 heterocycles. The monoisotopic (exact) mass is 321 g/mol. The van der Waals surface area contributed by atoms with Gasteiger partial charge in [-0.05, 0) is 69.4 Å². The Hall–Kier alpha value is -1.13. The maximum atomic E-state index is 14.6. The van der Waals surface area contributed by atoms with Gasteiger partial charge in [-0.3, -0.25) is 0 Å². The summed E-state index contributed by atoms with van der Waals surface area (Å²) in [5, 5.41) is 11.9. The van der Waals surface area contributed by atoms with E-state index < -0.39 is 11.0 Å². The molecule has 1 aliphatic heterocycles. The zero-order chi connectivity index (χ0) is 17.0. The predicted octanol–water partition coefficient (Wildman–Crippen LogP) is 3.25. The number of ether oxygens (including phenoxy) is 1. The van der Waals surface area contributed by atoms with Gasteiger partial charge in [-0.15, -0.1) is 0 Å². The van der Waals surface area contributed by atoms with Crippen molar-refractivity contribution >= 4 is 0 Å². The normalized spacial score (nSPS) is 28.0. The minimum atomic E-state index is -1.04. The Bertz CT molecular complexity index is 620. The van der Waals surface area contributed by atoms with Crippen LogP contribution in [0.15, 0.2) is 6.07 Å². The summed E-state index contributed by atoms with van der Waals surface area (Å²) in [7, 11) is 3.72. The van der Waals surface area contributed by atoms with Gasteiger partial charge < -0.3 is 14.7 Å². The molecule has 4 heteroatoms. The molecule has 0 radical (unpaired) electrons. The van der Waals surface area contributed by atoms with Crippen molar-refractivity contribution in [1.29, 1.82) is 0 Å². The number of aryl methyl sites for hydroxylation is 1. The Balaban J connectivity index is 2.18. The molecular weight excluding hydrogens is 293 g/mol. The van der Waals surface area contributed by atoms with E-state index in [0.717, 1.165) is 31.5 Å². The number of piperidine rings is 1. The second kappa shape index (κ2) is 5.45. The Morgan fingerprint density at radius 1 is 1.30 bits per heavy atom. The molecule has 0 saturated carbocycles. The topological polar surface area (TPSA) is 32.7 Å². The minimum Gasteiger partial charge on any atom is -0.496 e. The minimum absolute atomic E-state index is 0.130. The number of fused-ring (bicyclic) bond motifs is 1. The van der Waals surface area contributed by atoms with Crippen molar-refractivity contribution in [3.8, 4) is 5.75 Å². The SMILES string of the molecule is COc1c(C)cc(F)c2c1C(O)(C1CCN(C)CC1)C(C)(C)C2. The molecule has 128 valence electrons. The maximum absolute atomic E-state index is 14.6. The van der Waals surface area contributed by atoms with E-state index in [4.69, 9.17) is 4.74 Å². The molecule has 2 aliphatic rings. The number of aliphatic hydroxyl groups is 1. The molecule has 0 spiro atoms. The van der Waals surface area contributed by atoms with Crippen LogP contribution in [0.25, 0.3) is 0 Å². The lowest BCUT2D eigenvalue weighted by Gasteiger charge is -2.46. The third-order valence-electron chi connectivity index (χ3n) is 6.06. The fourth-order valence-electron chi connectivity index (χ4n) is 4.73. The maximum Gasteiger partial charge on any atom is 0.128 e. The highest BCUT2D eigenvalue weighted by Gasteiger charge is 2.58. The number of hydrogen-bond acceptors (Lipinski definition) is 3. The molecule has 0 amide bonds. The van der Waals surface area contributed by atoms with E-state index in [0.29, 0.717) is 23.3 Å². The van der Waals surface area contributed by atoms with Crippen LogP contribution in [0.4, 0.5) is 4.39 Å². The average Bonchev–Trinajstić information content (AvgIpc) is 2.70. The molecular formula is C19H28FNO2. The molecule has 3 nitrogen and oxygen atoms in total. The van der Waals surface area contributed by atoms with Gasteiger partial charge >= 0.3 is 0 Å². The number of nitrogens with zero attached hydrogens (tertiary/aromatic N) is 1. The molecule has 1 N–H and O–H groups in total. The summed E-state index contributed by atoms with van der Waals surface area (Å²) >= 11 is 0. The summed E-state index contributed by atoms with van der Waals surface area (Å²) in [4.78, 5) is 2.29. The van der Waals surface area contributed by atoms with E-state index >= 15 is 0 Å². The summed E-state index contributed by atoms with van der Waals surface area (Å²) in [5.41, 5.74) is 0.656. The molecule has 1 aromatic carbocycles. The molecule has 1 unspecified atom stereocenters. The van der Waals surface area contributed by atoms with Crippen molar-refractivity contribution in [3.63, 3.8) is 0 Å². The largest absolute Gasteiger partial charge is 0.496 e. The number of benzene rings is 1. The highest BCUT2D eigenvalue weighted by atomic mass is 19.1. The second-order valence-corrected chi connectivity index (χ2v) is 7.97. The number of rotatable bonds is 2. The van der Waals surface area contributed by atoms with Crippen molar-refractivity contribution in [3.05, 3.63) is 28.6 Å². The molecule has 0 bridgehead atoms. The Morgan fingerprint density at radius 3 is 2.48 bits per heavy atom. The summed E-state index contributed by atoms with van der Waals surface area (Å²) < 4.78 is 20.2. The van der Waals surface area contributed by atoms with Gasteiger partial charge in [0.05, 0.1) is 7.11 Å². The molecule has 1 saturated heterocycles. The van der Waals surface area contributed by atoms with Gasteiger partial charge in [0.15, 0.2) is 0 Å². The standard InChI is InChI=1S/C19H28FNO2/c1-12-10-15(20)14-11-18(2,3)19(22,16(14)17(12)23-5)13-6-8-21(4)9-7-13/h10,13,22H,6-9,11H2,1-5H3. The summed E-state index contributed by atoms with van der Waals surface area (Å²) in [6, 6.07) is 1.54. The van der Waals surface area contributed by atoms with Crippen molar-refractivity contribution < 1.29 is 14.2 Å². The van der Waals surface area contributed by atoms with Crippen LogP contribution >= 0.6 is 0 Å². The zero-order valence-corrected chi connectivity index (χ0v) is 14.9. The van der Waals surface area contributed by atoms with Crippen molar-refractivity contribution in [2.45, 2.75) is 45.6 Å². The van der Waals surface area contributed by atoms with Gasteiger partial charge in [0, 0.05) is 11.0 Å². The molecule has 1 fully saturated rings. The molecule has 1 aromatic rings. The van der Waals surface area contributed by atoms with Crippen molar-refractivity contribution in [1.82, 2.24) is 4.90 Å². The van der Waals surface area contributed by atoms with Crippen LogP contribution in [0.2, 0.25) is 0 Å². The third-order valence-corrected chi connectivity index (χ3v) is 6.06. The molecule has 23 heavy (non-hydrogen) atoms. The molecule has 0 aromatic heterocycles. The van der Waals surface area contributed by atoms with E-state index in [1.54, 1.807) is 7.11 Å². The predicted molar refractivity (Wildman–Crippen MR) is 89.3 cm³/mol. The summed E-state index contributed by atoms with van der Waals surface area (Å²) in [5.74, 6) is 0.577. The highest BCUT2D eigenvalue weighted by Crippen LogP contribution is 2.59. The smallest absolute Gasteiger partial charge is 0.128 e. The Kier molecular flexibility index (Phi) is 3.96. The van der Waals surface area contributed by atoms with Crippen LogP contribution in [-0.4, -0.2) is 37.3 Å². The summed E-state index contributed by atoms with van der Waals surface area (Å²) in [6.45, 7) is 7.89. The number of methoxy groups -OCH3 is 1. The van der Waals surface area contributed by atoms with Crippen LogP contribution in [0.5, 0.6) is 5.75 Å². The Morgan fingerprint density at radius 2 is 1.91 bits per heavy atom. The van der Waals surface area contributed by atoms with Gasteiger partial charge in [0.1, 0.15) is 17.2 Å². The van der Waals surface area contributed by atoms with Crippen LogP contribution in [0.1, 0.15) is 43.4 Å². The van der Waals surface area contributed by atoms with Crippen molar-refractivity contribution in [2.24, 2.45) is 11.3 Å². The van der Waals surface area contributed by atoms with Crippen LogP contribution in [0.3, 0.4) is 0 Å². The highest BCUT2D eigenvalue weighted by molar-refractivity contribution is 5.55. The van der Waals surface area contributed by atoms with Gasteiger partial charge in [0.2, 0.25) is 0 Å². The lowest BCUT2D eigenvalue weighted by Crippen LogP contribution is -2.49. The van der Waals surface area contributed by atoms with Crippen LogP contribution in [0, 0.1) is 24.1 Å². The molecule has 1 atom stereocenters. The first-order valence-electron chi connectivity index (χ1n) is 8.49. The molecule has 1 aliphatic carbocycles. The lowest BCUT2D eigenvalue weighted by atomic mass is 9.65. The lowest BCUT2D eigenvalue weighted by molar-refractivity contribution is -0.122. The Labute approximate surface area is 138 Å². The first-order chi connectivity index (χ1) is 10.7. The third kappa shape index (κ3) is 2.30. The quantitative estimate of drug-likeness (QED) is 0.907. The van der Waals surface area contributed by atoms with E-state index in [2.05, 4.69) is 25.8 Å². The van der Waals surface area contributed by atoms with E-state index in [9.17, 15) is 9.50 Å². The van der Waals surface area contributed by atoms with E-state index in [1.165, 1.54) is 6.07 Å². The summed E-state index contributed by atoms with van der Waals surface area (Å²) in [6.07, 6.45) is 2.40. The number of halogens is 1. The zero-order valence-electron chi connectivity index (χ0n) is 14.9. The van der Waals surface area contributed by atoms with Gasteiger partial charge in [0.25, 0.3) is 0 Å². The fourth-order valence-corrected chi connectivity index (χ4v) is 4.73. The first-order valence-corrected chi connectivity index (χ1v) is 8.49. The number of hydrogen-bond donors (Lipinski definition) is 1. The first kappa shape index (κ1) is 16.7. The van der Waals surface area contributed by atoms with E-state index in [-0.39, 0.29) is 11.7 Å². The van der Waals surface area contributed by atoms with Gasteiger partial charge in [-0.1, -0.05) is 13.8 Å².